The number of pyridine rings is 1. The van der Waals surface area contributed by atoms with Crippen LogP contribution in [0, 0.1) is 6.92 Å². The summed E-state index contributed by atoms with van der Waals surface area (Å²) in [6.45, 7) is 2.62. The van der Waals surface area contributed by atoms with E-state index in [-0.39, 0.29) is 22.7 Å². The normalized spacial score (nSPS) is 15.0. The molecule has 23 heavy (non-hydrogen) atoms. The highest BCUT2D eigenvalue weighted by molar-refractivity contribution is 5.94. The number of hydrogen-bond acceptors (Lipinski definition) is 3. The number of hydrogen-bond donors (Lipinski definition) is 2. The van der Waals surface area contributed by atoms with E-state index in [0.717, 1.165) is 12.8 Å². The van der Waals surface area contributed by atoms with Gasteiger partial charge in [0.05, 0.1) is 0 Å². The van der Waals surface area contributed by atoms with E-state index in [2.05, 4.69) is 29.4 Å². The number of aromatic nitrogens is 1. The topological polar surface area (TPSA) is 79.3 Å². The summed E-state index contributed by atoms with van der Waals surface area (Å²) >= 11 is 0. The molecule has 0 unspecified atom stereocenters. The van der Waals surface area contributed by atoms with Crippen LogP contribution in [0.5, 0.6) is 0 Å². The van der Waals surface area contributed by atoms with E-state index in [9.17, 15) is 9.59 Å². The zero-order valence-corrected chi connectivity index (χ0v) is 12.9. The molecule has 0 bridgehead atoms. The van der Waals surface area contributed by atoms with Crippen molar-refractivity contribution in [2.45, 2.75) is 25.2 Å². The maximum absolute atomic E-state index is 12.2. The van der Waals surface area contributed by atoms with Crippen molar-refractivity contribution in [1.82, 2.24) is 10.3 Å². The van der Waals surface area contributed by atoms with Crippen LogP contribution in [-0.2, 0) is 5.41 Å². The zero-order valence-electron chi connectivity index (χ0n) is 12.9. The molecule has 5 heteroatoms. The van der Waals surface area contributed by atoms with E-state index in [0.29, 0.717) is 6.54 Å². The Kier molecular flexibility index (Phi) is 3.86. The Balaban J connectivity index is 1.71. The first-order valence-corrected chi connectivity index (χ1v) is 7.56. The van der Waals surface area contributed by atoms with Gasteiger partial charge in [-0.1, -0.05) is 30.3 Å². The number of nitrogens with zero attached hydrogens (tertiary/aromatic N) is 1. The van der Waals surface area contributed by atoms with Crippen LogP contribution in [0.25, 0.3) is 0 Å². The summed E-state index contributed by atoms with van der Waals surface area (Å²) in [5.41, 5.74) is 2.51. The smallest absolute Gasteiger partial charge is 0.354 e. The first-order chi connectivity index (χ1) is 11.0. The third kappa shape index (κ3) is 3.08. The number of rotatable bonds is 5. The molecule has 1 aliphatic carbocycles. The minimum Gasteiger partial charge on any atom is -0.477 e. The molecular weight excluding hydrogens is 292 g/mol. The largest absolute Gasteiger partial charge is 0.477 e. The summed E-state index contributed by atoms with van der Waals surface area (Å²) in [5, 5.41) is 11.8. The van der Waals surface area contributed by atoms with Gasteiger partial charge in [-0.05, 0) is 43.0 Å². The molecule has 1 heterocycles. The Bertz CT molecular complexity index is 766. The second-order valence-electron chi connectivity index (χ2n) is 5.99. The van der Waals surface area contributed by atoms with Gasteiger partial charge in [-0.3, -0.25) is 4.79 Å². The third-order valence-corrected chi connectivity index (χ3v) is 4.36. The predicted molar refractivity (Wildman–Crippen MR) is 85.6 cm³/mol. The van der Waals surface area contributed by atoms with Gasteiger partial charge in [0.15, 0.2) is 0 Å². The Hall–Kier alpha value is -2.69. The van der Waals surface area contributed by atoms with Gasteiger partial charge in [-0.15, -0.1) is 0 Å². The lowest BCUT2D eigenvalue weighted by molar-refractivity contribution is 0.0690. The van der Waals surface area contributed by atoms with Crippen LogP contribution in [0.2, 0.25) is 0 Å². The SMILES string of the molecule is Cc1ccccc1C1(CNC(=O)c2cccc(C(=O)O)n2)CC1. The van der Waals surface area contributed by atoms with Gasteiger partial charge in [-0.2, -0.15) is 0 Å². The maximum atomic E-state index is 12.2. The van der Waals surface area contributed by atoms with Gasteiger partial charge in [0.25, 0.3) is 5.91 Å². The molecule has 1 amide bonds. The quantitative estimate of drug-likeness (QED) is 0.889. The Morgan fingerprint density at radius 2 is 1.83 bits per heavy atom. The predicted octanol–water partition coefficient (Wildman–Crippen LogP) is 2.55. The molecule has 0 spiro atoms. The fourth-order valence-electron chi connectivity index (χ4n) is 2.88. The van der Waals surface area contributed by atoms with Gasteiger partial charge < -0.3 is 10.4 Å². The lowest BCUT2D eigenvalue weighted by Crippen LogP contribution is -2.33. The van der Waals surface area contributed by atoms with Crippen molar-refractivity contribution in [2.75, 3.05) is 6.54 Å². The van der Waals surface area contributed by atoms with Crippen LogP contribution in [0.15, 0.2) is 42.5 Å². The molecule has 1 aromatic carbocycles. The average Bonchev–Trinajstić information content (AvgIpc) is 3.34. The van der Waals surface area contributed by atoms with Gasteiger partial charge >= 0.3 is 5.97 Å². The summed E-state index contributed by atoms with van der Waals surface area (Å²) in [7, 11) is 0. The van der Waals surface area contributed by atoms with Crippen LogP contribution in [-0.4, -0.2) is 28.5 Å². The van der Waals surface area contributed by atoms with Crippen LogP contribution in [0.1, 0.15) is 44.9 Å². The summed E-state index contributed by atoms with van der Waals surface area (Å²) < 4.78 is 0. The molecule has 2 aromatic rings. The summed E-state index contributed by atoms with van der Waals surface area (Å²) in [6.07, 6.45) is 2.08. The fraction of sp³-hybridized carbons (Fsp3) is 0.278. The number of nitrogens with one attached hydrogen (secondary N) is 1. The van der Waals surface area contributed by atoms with Crippen molar-refractivity contribution in [3.05, 3.63) is 65.0 Å². The number of aromatic carboxylic acids is 1. The molecule has 0 aliphatic heterocycles. The first-order valence-electron chi connectivity index (χ1n) is 7.56. The highest BCUT2D eigenvalue weighted by Crippen LogP contribution is 2.48. The fourth-order valence-corrected chi connectivity index (χ4v) is 2.88. The number of carbonyl (C=O) groups excluding carboxylic acids is 1. The van der Waals surface area contributed by atoms with Crippen molar-refractivity contribution in [3.8, 4) is 0 Å². The van der Waals surface area contributed by atoms with E-state index in [1.165, 1.54) is 29.3 Å². The molecular formula is C18H18N2O3. The van der Waals surface area contributed by atoms with Gasteiger partial charge in [0, 0.05) is 12.0 Å². The van der Waals surface area contributed by atoms with E-state index >= 15 is 0 Å². The van der Waals surface area contributed by atoms with Crippen LogP contribution in [0.3, 0.4) is 0 Å². The molecule has 0 radical (unpaired) electrons. The average molecular weight is 310 g/mol. The standard InChI is InChI=1S/C18H18N2O3/c1-12-5-2-3-6-13(12)18(9-10-18)11-19-16(21)14-7-4-8-15(20-14)17(22)23/h2-8H,9-11H2,1H3,(H,19,21)(H,22,23). The van der Waals surface area contributed by atoms with E-state index in [1.807, 2.05) is 12.1 Å². The Morgan fingerprint density at radius 3 is 2.48 bits per heavy atom. The minimum atomic E-state index is -1.14. The monoisotopic (exact) mass is 310 g/mol. The number of benzene rings is 1. The molecule has 5 nitrogen and oxygen atoms in total. The third-order valence-electron chi connectivity index (χ3n) is 4.36. The lowest BCUT2D eigenvalue weighted by Gasteiger charge is -2.18. The number of carboxylic acids is 1. The molecule has 1 aromatic heterocycles. The van der Waals surface area contributed by atoms with E-state index in [4.69, 9.17) is 5.11 Å². The van der Waals surface area contributed by atoms with Crippen LogP contribution >= 0.6 is 0 Å². The van der Waals surface area contributed by atoms with Crippen molar-refractivity contribution in [3.63, 3.8) is 0 Å². The van der Waals surface area contributed by atoms with Crippen molar-refractivity contribution in [2.24, 2.45) is 0 Å². The van der Waals surface area contributed by atoms with Gasteiger partial charge in [0.1, 0.15) is 11.4 Å². The number of aryl methyl sites for hydroxylation is 1. The molecule has 118 valence electrons. The molecule has 3 rings (SSSR count). The molecule has 0 atom stereocenters. The summed E-state index contributed by atoms with van der Waals surface area (Å²) in [5.74, 6) is -1.48. The lowest BCUT2D eigenvalue weighted by atomic mass is 9.92. The number of carbonyl (C=O) groups is 2. The van der Waals surface area contributed by atoms with E-state index in [1.54, 1.807) is 0 Å². The van der Waals surface area contributed by atoms with E-state index < -0.39 is 5.97 Å². The number of carboxylic acid groups (broad SMARTS) is 1. The summed E-state index contributed by atoms with van der Waals surface area (Å²) in [4.78, 5) is 27.0. The van der Waals surface area contributed by atoms with Gasteiger partial charge in [0.2, 0.25) is 0 Å². The van der Waals surface area contributed by atoms with Crippen molar-refractivity contribution in [1.29, 1.82) is 0 Å². The molecule has 0 saturated heterocycles. The van der Waals surface area contributed by atoms with Crippen LogP contribution in [0.4, 0.5) is 0 Å². The molecule has 1 fully saturated rings. The second-order valence-corrected chi connectivity index (χ2v) is 5.99. The molecule has 1 saturated carbocycles. The van der Waals surface area contributed by atoms with Crippen molar-refractivity contribution >= 4 is 11.9 Å². The number of amides is 1. The highest BCUT2D eigenvalue weighted by Gasteiger charge is 2.45. The van der Waals surface area contributed by atoms with Crippen LogP contribution < -0.4 is 5.32 Å². The Morgan fingerprint density at radius 1 is 1.13 bits per heavy atom. The zero-order chi connectivity index (χ0) is 16.4. The second kappa shape index (κ2) is 5.83. The Labute approximate surface area is 134 Å². The molecule has 2 N–H and O–H groups in total. The maximum Gasteiger partial charge on any atom is 0.354 e. The first kappa shape index (κ1) is 15.2. The van der Waals surface area contributed by atoms with Crippen molar-refractivity contribution < 1.29 is 14.7 Å². The summed E-state index contributed by atoms with van der Waals surface area (Å²) in [6, 6.07) is 12.6. The minimum absolute atomic E-state index is 0.00537. The highest BCUT2D eigenvalue weighted by atomic mass is 16.4. The molecule has 1 aliphatic rings. The van der Waals surface area contributed by atoms with Gasteiger partial charge in [-0.25, -0.2) is 9.78 Å².